The lowest BCUT2D eigenvalue weighted by Gasteiger charge is -2.09. The van der Waals surface area contributed by atoms with Gasteiger partial charge in [-0.3, -0.25) is 4.79 Å². The van der Waals surface area contributed by atoms with Crippen LogP contribution in [0.5, 0.6) is 0 Å². The summed E-state index contributed by atoms with van der Waals surface area (Å²) in [4.78, 5) is 30.1. The Morgan fingerprint density at radius 2 is 1.86 bits per heavy atom. The molecular weight excluding hydrogens is 390 g/mol. The number of ether oxygens (including phenoxy) is 1. The molecule has 0 fully saturated rings. The van der Waals surface area contributed by atoms with Gasteiger partial charge in [-0.1, -0.05) is 24.3 Å². The molecule has 144 valence electrons. The second kappa shape index (κ2) is 9.17. The average molecular weight is 412 g/mol. The highest BCUT2D eigenvalue weighted by molar-refractivity contribution is 7.98. The van der Waals surface area contributed by atoms with Gasteiger partial charge in [0.15, 0.2) is 12.4 Å². The SMILES string of the molecule is Cc1nc(CSc2ccccc2C(=O)OCC(=O)c2ccc(C)c(C)c2)cs1. The van der Waals surface area contributed by atoms with Crippen molar-refractivity contribution in [3.05, 3.63) is 80.8 Å². The van der Waals surface area contributed by atoms with Gasteiger partial charge in [-0.25, -0.2) is 9.78 Å². The first-order valence-electron chi connectivity index (χ1n) is 8.84. The fourth-order valence-electron chi connectivity index (χ4n) is 2.59. The summed E-state index contributed by atoms with van der Waals surface area (Å²) in [6.07, 6.45) is 0. The third kappa shape index (κ3) is 5.09. The topological polar surface area (TPSA) is 56.3 Å². The Kier molecular flexibility index (Phi) is 6.65. The molecule has 0 aliphatic heterocycles. The molecule has 6 heteroatoms. The van der Waals surface area contributed by atoms with Gasteiger partial charge in [-0.2, -0.15) is 0 Å². The number of esters is 1. The number of nitrogens with zero attached hydrogens (tertiary/aromatic N) is 1. The Hall–Kier alpha value is -2.44. The molecule has 1 aromatic heterocycles. The van der Waals surface area contributed by atoms with E-state index in [9.17, 15) is 9.59 Å². The fourth-order valence-corrected chi connectivity index (χ4v) is 4.25. The standard InChI is InChI=1S/C22H21NO3S2/c1-14-8-9-17(10-15(14)2)20(24)11-26-22(25)19-6-4-5-7-21(19)28-13-18-12-27-16(3)23-18/h4-10,12H,11,13H2,1-3H3. The minimum Gasteiger partial charge on any atom is -0.454 e. The van der Waals surface area contributed by atoms with E-state index in [2.05, 4.69) is 4.98 Å². The van der Waals surface area contributed by atoms with Crippen LogP contribution in [0.25, 0.3) is 0 Å². The van der Waals surface area contributed by atoms with E-state index < -0.39 is 5.97 Å². The van der Waals surface area contributed by atoms with E-state index in [1.165, 1.54) is 11.8 Å². The van der Waals surface area contributed by atoms with Crippen molar-refractivity contribution in [2.24, 2.45) is 0 Å². The molecule has 1 heterocycles. The molecule has 0 amide bonds. The molecule has 3 aromatic rings. The molecule has 0 saturated heterocycles. The molecule has 0 aliphatic rings. The molecule has 4 nitrogen and oxygen atoms in total. The van der Waals surface area contributed by atoms with Crippen molar-refractivity contribution in [1.29, 1.82) is 0 Å². The predicted molar refractivity (Wildman–Crippen MR) is 113 cm³/mol. The van der Waals surface area contributed by atoms with Gasteiger partial charge in [0.1, 0.15) is 0 Å². The first kappa shape index (κ1) is 20.3. The van der Waals surface area contributed by atoms with E-state index in [0.29, 0.717) is 16.9 Å². The summed E-state index contributed by atoms with van der Waals surface area (Å²) in [5.41, 5.74) is 4.16. The van der Waals surface area contributed by atoms with Crippen LogP contribution < -0.4 is 0 Å². The molecule has 28 heavy (non-hydrogen) atoms. The van der Waals surface area contributed by atoms with Crippen molar-refractivity contribution in [1.82, 2.24) is 4.98 Å². The smallest absolute Gasteiger partial charge is 0.339 e. The zero-order chi connectivity index (χ0) is 20.1. The van der Waals surface area contributed by atoms with Gasteiger partial charge in [0, 0.05) is 21.6 Å². The van der Waals surface area contributed by atoms with E-state index >= 15 is 0 Å². The lowest BCUT2D eigenvalue weighted by atomic mass is 10.0. The number of benzene rings is 2. The first-order valence-corrected chi connectivity index (χ1v) is 10.7. The third-order valence-corrected chi connectivity index (χ3v) is 6.24. The number of aromatic nitrogens is 1. The Morgan fingerprint density at radius 1 is 1.07 bits per heavy atom. The normalized spacial score (nSPS) is 10.7. The molecule has 0 radical (unpaired) electrons. The van der Waals surface area contributed by atoms with Gasteiger partial charge in [0.25, 0.3) is 0 Å². The highest BCUT2D eigenvalue weighted by Crippen LogP contribution is 2.27. The molecule has 3 rings (SSSR count). The Balaban J connectivity index is 1.63. The number of carbonyl (C=O) groups is 2. The maximum absolute atomic E-state index is 12.5. The van der Waals surface area contributed by atoms with Crippen LogP contribution >= 0.6 is 23.1 Å². The number of rotatable bonds is 7. The predicted octanol–water partition coefficient (Wildman–Crippen LogP) is 5.40. The molecule has 0 N–H and O–H groups in total. The lowest BCUT2D eigenvalue weighted by molar-refractivity contribution is 0.0471. The van der Waals surface area contributed by atoms with Crippen LogP contribution in [0.4, 0.5) is 0 Å². The van der Waals surface area contributed by atoms with Crippen molar-refractivity contribution in [2.45, 2.75) is 31.4 Å². The number of thiazole rings is 1. The molecule has 0 spiro atoms. The summed E-state index contributed by atoms with van der Waals surface area (Å²) in [6.45, 7) is 5.64. The maximum atomic E-state index is 12.5. The summed E-state index contributed by atoms with van der Waals surface area (Å²) in [5.74, 6) is -0.0230. The zero-order valence-corrected chi connectivity index (χ0v) is 17.7. The summed E-state index contributed by atoms with van der Waals surface area (Å²) in [6, 6.07) is 12.8. The van der Waals surface area contributed by atoms with E-state index in [1.54, 1.807) is 29.5 Å². The van der Waals surface area contributed by atoms with Crippen LogP contribution in [0.3, 0.4) is 0 Å². The molecule has 0 aliphatic carbocycles. The van der Waals surface area contributed by atoms with Gasteiger partial charge in [0.2, 0.25) is 0 Å². The summed E-state index contributed by atoms with van der Waals surface area (Å²) >= 11 is 3.14. The quantitative estimate of drug-likeness (QED) is 0.296. The number of hydrogen-bond donors (Lipinski definition) is 0. The second-order valence-electron chi connectivity index (χ2n) is 6.44. The second-order valence-corrected chi connectivity index (χ2v) is 8.52. The maximum Gasteiger partial charge on any atom is 0.339 e. The summed E-state index contributed by atoms with van der Waals surface area (Å²) < 4.78 is 5.30. The van der Waals surface area contributed by atoms with Crippen molar-refractivity contribution in [3.63, 3.8) is 0 Å². The molecule has 0 unspecified atom stereocenters. The zero-order valence-electron chi connectivity index (χ0n) is 16.0. The minimum atomic E-state index is -0.491. The van der Waals surface area contributed by atoms with Gasteiger partial charge >= 0.3 is 5.97 Å². The van der Waals surface area contributed by atoms with Crippen LogP contribution in [-0.4, -0.2) is 23.3 Å². The van der Waals surface area contributed by atoms with Gasteiger partial charge in [0.05, 0.1) is 16.3 Å². The number of thioether (sulfide) groups is 1. The molecule has 0 saturated carbocycles. The van der Waals surface area contributed by atoms with Gasteiger partial charge in [-0.05, 0) is 50.1 Å². The number of hydrogen-bond acceptors (Lipinski definition) is 6. The molecular formula is C22H21NO3S2. The van der Waals surface area contributed by atoms with E-state index in [-0.39, 0.29) is 12.4 Å². The Morgan fingerprint density at radius 3 is 2.57 bits per heavy atom. The minimum absolute atomic E-state index is 0.209. The average Bonchev–Trinajstić information content (AvgIpc) is 3.11. The van der Waals surface area contributed by atoms with E-state index in [0.717, 1.165) is 26.7 Å². The number of carbonyl (C=O) groups excluding carboxylic acids is 2. The van der Waals surface area contributed by atoms with Crippen LogP contribution in [0.15, 0.2) is 52.7 Å². The molecule has 2 aromatic carbocycles. The largest absolute Gasteiger partial charge is 0.454 e. The van der Waals surface area contributed by atoms with Crippen LogP contribution in [0.1, 0.15) is 42.5 Å². The van der Waals surface area contributed by atoms with E-state index in [1.807, 2.05) is 50.4 Å². The Labute approximate surface area is 173 Å². The summed E-state index contributed by atoms with van der Waals surface area (Å²) in [5, 5.41) is 3.04. The van der Waals surface area contributed by atoms with Crippen LogP contribution in [-0.2, 0) is 10.5 Å². The number of aryl methyl sites for hydroxylation is 3. The lowest BCUT2D eigenvalue weighted by Crippen LogP contribution is -2.15. The Bertz CT molecular complexity index is 1010. The van der Waals surface area contributed by atoms with Crippen molar-refractivity contribution >= 4 is 34.9 Å². The number of Topliss-reactive ketones (excluding diaryl/α,β-unsaturated/α-hetero) is 1. The van der Waals surface area contributed by atoms with Crippen molar-refractivity contribution < 1.29 is 14.3 Å². The fraction of sp³-hybridized carbons (Fsp3) is 0.227. The molecule has 0 atom stereocenters. The summed E-state index contributed by atoms with van der Waals surface area (Å²) in [7, 11) is 0. The highest BCUT2D eigenvalue weighted by atomic mass is 32.2. The molecule has 0 bridgehead atoms. The van der Waals surface area contributed by atoms with Crippen molar-refractivity contribution in [3.8, 4) is 0 Å². The third-order valence-electron chi connectivity index (χ3n) is 4.31. The van der Waals surface area contributed by atoms with Crippen LogP contribution in [0.2, 0.25) is 0 Å². The number of ketones is 1. The van der Waals surface area contributed by atoms with E-state index in [4.69, 9.17) is 4.74 Å². The monoisotopic (exact) mass is 411 g/mol. The van der Waals surface area contributed by atoms with Crippen LogP contribution in [0, 0.1) is 20.8 Å². The van der Waals surface area contributed by atoms with Gasteiger partial charge < -0.3 is 4.74 Å². The first-order chi connectivity index (χ1) is 13.4. The van der Waals surface area contributed by atoms with Crippen molar-refractivity contribution in [2.75, 3.05) is 6.61 Å². The highest BCUT2D eigenvalue weighted by Gasteiger charge is 2.16. The van der Waals surface area contributed by atoms with Gasteiger partial charge in [-0.15, -0.1) is 23.1 Å².